The molecule has 0 fully saturated rings. The molecule has 0 unspecified atom stereocenters. The molecule has 2 aromatic heterocycles. The lowest BCUT2D eigenvalue weighted by molar-refractivity contribution is -0.137. The van der Waals surface area contributed by atoms with Gasteiger partial charge in [-0.25, -0.2) is 9.97 Å². The molecule has 3 heterocycles. The fourth-order valence-electron chi connectivity index (χ4n) is 3.72. The Balaban J connectivity index is 1.61. The number of nitrogens with zero attached hydrogens (tertiary/aromatic N) is 3. The number of aromatic nitrogens is 3. The molecule has 1 N–H and O–H groups in total. The van der Waals surface area contributed by atoms with Crippen LogP contribution in [-0.4, -0.2) is 20.4 Å². The molecule has 8 heteroatoms. The molecule has 0 saturated heterocycles. The minimum Gasteiger partial charge on any atom is -0.348 e. The van der Waals surface area contributed by atoms with E-state index in [1.54, 1.807) is 12.1 Å². The summed E-state index contributed by atoms with van der Waals surface area (Å²) < 4.78 is 40.7. The maximum absolute atomic E-state index is 12.9. The number of benzene rings is 1. The number of nitrogens with one attached hydrogen (secondary N) is 1. The van der Waals surface area contributed by atoms with Crippen LogP contribution in [0.2, 0.25) is 0 Å². The topological polar surface area (TPSA) is 59.8 Å². The smallest absolute Gasteiger partial charge is 0.348 e. The van der Waals surface area contributed by atoms with Gasteiger partial charge in [0, 0.05) is 25.2 Å². The van der Waals surface area contributed by atoms with Crippen LogP contribution >= 0.6 is 0 Å². The number of rotatable bonds is 3. The first-order valence-electron chi connectivity index (χ1n) is 9.64. The summed E-state index contributed by atoms with van der Waals surface area (Å²) in [6, 6.07) is 6.63. The molecular formula is C21H21F3N4O. The monoisotopic (exact) mass is 402 g/mol. The van der Waals surface area contributed by atoms with Crippen LogP contribution in [0.25, 0.3) is 11.2 Å². The Bertz CT molecular complexity index is 1070. The van der Waals surface area contributed by atoms with Crippen molar-refractivity contribution in [3.05, 3.63) is 58.5 Å². The van der Waals surface area contributed by atoms with Gasteiger partial charge >= 0.3 is 6.18 Å². The summed E-state index contributed by atoms with van der Waals surface area (Å²) in [5.74, 6) is 0.564. The van der Waals surface area contributed by atoms with Crippen LogP contribution in [0, 0.1) is 6.92 Å². The molecule has 29 heavy (non-hydrogen) atoms. The van der Waals surface area contributed by atoms with Gasteiger partial charge in [0.15, 0.2) is 5.65 Å². The number of imidazole rings is 1. The molecule has 5 nitrogen and oxygen atoms in total. The fraction of sp³-hybridized carbons (Fsp3) is 0.381. The van der Waals surface area contributed by atoms with E-state index in [2.05, 4.69) is 19.9 Å². The summed E-state index contributed by atoms with van der Waals surface area (Å²) in [6.07, 6.45) is -0.325. The lowest BCUT2D eigenvalue weighted by Gasteiger charge is -2.10. The number of halogens is 3. The van der Waals surface area contributed by atoms with Gasteiger partial charge in [-0.2, -0.15) is 13.2 Å². The first-order chi connectivity index (χ1) is 13.8. The zero-order valence-electron chi connectivity index (χ0n) is 16.0. The van der Waals surface area contributed by atoms with Crippen LogP contribution in [0.5, 0.6) is 0 Å². The SMILES string of the molecule is Cc1cc(C(=O)NCc2cccc(C(F)(F)F)c2)c2nc3n(c2n1)CCCCC3. The summed E-state index contributed by atoms with van der Waals surface area (Å²) in [6.45, 7) is 2.65. The summed E-state index contributed by atoms with van der Waals surface area (Å²) >= 11 is 0. The summed E-state index contributed by atoms with van der Waals surface area (Å²) in [7, 11) is 0. The van der Waals surface area contributed by atoms with Gasteiger partial charge in [-0.3, -0.25) is 4.79 Å². The van der Waals surface area contributed by atoms with E-state index in [1.165, 1.54) is 6.07 Å². The molecule has 0 aliphatic carbocycles. The van der Waals surface area contributed by atoms with Crippen molar-refractivity contribution in [3.8, 4) is 0 Å². The highest BCUT2D eigenvalue weighted by atomic mass is 19.4. The standard InChI is InChI=1S/C21H21F3N4O/c1-13-10-16(18-19(26-13)28-9-4-2-3-8-17(28)27-18)20(29)25-12-14-6-5-7-15(11-14)21(22,23)24/h5-7,10-11H,2-4,8-9,12H2,1H3,(H,25,29). The van der Waals surface area contributed by atoms with Crippen LogP contribution in [0.4, 0.5) is 13.2 Å². The number of aryl methyl sites for hydroxylation is 3. The van der Waals surface area contributed by atoms with E-state index >= 15 is 0 Å². The number of carbonyl (C=O) groups is 1. The molecule has 3 aromatic rings. The third kappa shape index (κ3) is 3.97. The van der Waals surface area contributed by atoms with Crippen LogP contribution in [0.3, 0.4) is 0 Å². The van der Waals surface area contributed by atoms with E-state index in [-0.39, 0.29) is 12.5 Å². The molecule has 0 saturated carbocycles. The van der Waals surface area contributed by atoms with Crippen molar-refractivity contribution < 1.29 is 18.0 Å². The van der Waals surface area contributed by atoms with Crippen molar-refractivity contribution in [1.82, 2.24) is 19.9 Å². The number of alkyl halides is 3. The Morgan fingerprint density at radius 3 is 2.79 bits per heavy atom. The van der Waals surface area contributed by atoms with Crippen molar-refractivity contribution in [2.75, 3.05) is 0 Å². The molecule has 0 radical (unpaired) electrons. The largest absolute Gasteiger partial charge is 0.416 e. The molecule has 4 rings (SSSR count). The quantitative estimate of drug-likeness (QED) is 0.706. The fourth-order valence-corrected chi connectivity index (χ4v) is 3.72. The molecule has 1 amide bonds. The van der Waals surface area contributed by atoms with Crippen molar-refractivity contribution in [2.45, 2.75) is 51.9 Å². The average Bonchev–Trinajstić information content (AvgIpc) is 2.86. The van der Waals surface area contributed by atoms with Crippen molar-refractivity contribution in [2.24, 2.45) is 0 Å². The number of hydrogen-bond donors (Lipinski definition) is 1. The van der Waals surface area contributed by atoms with Gasteiger partial charge in [0.05, 0.1) is 11.1 Å². The van der Waals surface area contributed by atoms with Gasteiger partial charge in [-0.1, -0.05) is 18.6 Å². The van der Waals surface area contributed by atoms with Gasteiger partial charge in [-0.05, 0) is 43.5 Å². The third-order valence-electron chi connectivity index (χ3n) is 5.14. The van der Waals surface area contributed by atoms with Crippen LogP contribution in [0.1, 0.15) is 52.3 Å². The highest BCUT2D eigenvalue weighted by molar-refractivity contribution is 6.04. The van der Waals surface area contributed by atoms with Crippen LogP contribution in [0.15, 0.2) is 30.3 Å². The highest BCUT2D eigenvalue weighted by Gasteiger charge is 2.30. The van der Waals surface area contributed by atoms with Gasteiger partial charge in [0.25, 0.3) is 5.91 Å². The molecular weight excluding hydrogens is 381 g/mol. The molecule has 1 aliphatic heterocycles. The van der Waals surface area contributed by atoms with Crippen LogP contribution < -0.4 is 5.32 Å². The second-order valence-electron chi connectivity index (χ2n) is 7.35. The van der Waals surface area contributed by atoms with E-state index in [0.29, 0.717) is 28.0 Å². The molecule has 1 aromatic carbocycles. The number of amides is 1. The maximum Gasteiger partial charge on any atom is 0.416 e. The summed E-state index contributed by atoms with van der Waals surface area (Å²) in [5.41, 5.74) is 2.01. The normalized spacial score (nSPS) is 14.5. The molecule has 1 aliphatic rings. The molecule has 0 atom stereocenters. The molecule has 152 valence electrons. The number of fused-ring (bicyclic) bond motifs is 3. The lowest BCUT2D eigenvalue weighted by Crippen LogP contribution is -2.23. The lowest BCUT2D eigenvalue weighted by atomic mass is 10.1. The van der Waals surface area contributed by atoms with Crippen molar-refractivity contribution in [1.29, 1.82) is 0 Å². The Morgan fingerprint density at radius 2 is 2.00 bits per heavy atom. The van der Waals surface area contributed by atoms with E-state index in [0.717, 1.165) is 50.2 Å². The Morgan fingerprint density at radius 1 is 1.17 bits per heavy atom. The number of carbonyl (C=O) groups excluding carboxylic acids is 1. The van der Waals surface area contributed by atoms with Crippen LogP contribution in [-0.2, 0) is 25.7 Å². The Labute approximate surface area is 166 Å². The summed E-state index contributed by atoms with van der Waals surface area (Å²) in [4.78, 5) is 22.1. The average molecular weight is 402 g/mol. The van der Waals surface area contributed by atoms with Gasteiger partial charge < -0.3 is 9.88 Å². The molecule has 0 spiro atoms. The number of pyridine rings is 1. The van der Waals surface area contributed by atoms with E-state index in [4.69, 9.17) is 0 Å². The van der Waals surface area contributed by atoms with Crippen molar-refractivity contribution in [3.63, 3.8) is 0 Å². The third-order valence-corrected chi connectivity index (χ3v) is 5.14. The Hall–Kier alpha value is -2.90. The van der Waals surface area contributed by atoms with Gasteiger partial charge in [0.2, 0.25) is 0 Å². The second-order valence-corrected chi connectivity index (χ2v) is 7.35. The predicted molar refractivity (Wildman–Crippen MR) is 102 cm³/mol. The van der Waals surface area contributed by atoms with E-state index in [9.17, 15) is 18.0 Å². The van der Waals surface area contributed by atoms with Crippen molar-refractivity contribution >= 4 is 17.1 Å². The zero-order valence-corrected chi connectivity index (χ0v) is 16.0. The zero-order chi connectivity index (χ0) is 20.6. The first-order valence-corrected chi connectivity index (χ1v) is 9.64. The number of hydrogen-bond acceptors (Lipinski definition) is 3. The summed E-state index contributed by atoms with van der Waals surface area (Å²) in [5, 5.41) is 2.72. The minimum absolute atomic E-state index is 0.000811. The first kappa shape index (κ1) is 19.4. The minimum atomic E-state index is -4.41. The second kappa shape index (κ2) is 7.50. The molecule has 0 bridgehead atoms. The van der Waals surface area contributed by atoms with E-state index < -0.39 is 11.7 Å². The Kier molecular flexibility index (Phi) is 5.02. The van der Waals surface area contributed by atoms with Gasteiger partial charge in [-0.15, -0.1) is 0 Å². The predicted octanol–water partition coefficient (Wildman–Crippen LogP) is 4.41. The highest BCUT2D eigenvalue weighted by Crippen LogP contribution is 2.29. The maximum atomic E-state index is 12.9. The van der Waals surface area contributed by atoms with Gasteiger partial charge in [0.1, 0.15) is 11.3 Å². The van der Waals surface area contributed by atoms with E-state index in [1.807, 2.05) is 6.92 Å².